The smallest absolute Gasteiger partial charge is 0.435 e. The number of ether oxygens (including phenoxy) is 1. The first-order valence-corrected chi connectivity index (χ1v) is 13.6. The van der Waals surface area contributed by atoms with Crippen molar-refractivity contribution in [2.24, 2.45) is 7.05 Å². The van der Waals surface area contributed by atoms with Crippen LogP contribution in [0.2, 0.25) is 0 Å². The molecular weight excluding hydrogens is 564 g/mol. The molecule has 224 valence electrons. The summed E-state index contributed by atoms with van der Waals surface area (Å²) in [4.78, 5) is 52.4. The fourth-order valence-electron chi connectivity index (χ4n) is 4.55. The van der Waals surface area contributed by atoms with Gasteiger partial charge in [-0.05, 0) is 43.7 Å². The summed E-state index contributed by atoms with van der Waals surface area (Å²) in [5, 5.41) is 12.5. The van der Waals surface area contributed by atoms with E-state index in [1.54, 1.807) is 48.1 Å². The number of nitrogens with one attached hydrogen (secondary N) is 3. The number of furan rings is 1. The summed E-state index contributed by atoms with van der Waals surface area (Å²) in [5.74, 6) is -1.85. The molecule has 5 aromatic rings. The van der Waals surface area contributed by atoms with Crippen molar-refractivity contribution in [2.45, 2.75) is 19.4 Å². The van der Waals surface area contributed by atoms with Crippen LogP contribution in [0.4, 0.5) is 16.3 Å². The number of benzene rings is 2. The standard InChI is InChI=1S/C32H30N6O6/c1-5-18-43-31(42)38-24-19-25(30(41)35-32(2,3)20-12-7-6-8-13-20)44-26(24)27(36-38)34-28(39)21-14-9-10-15-22(21)33-29(40)23-16-11-17-37(23)4/h5-17,19H,1,18H2,2-4H3,(H,33,40)(H,35,41)(H,34,36,39). The summed E-state index contributed by atoms with van der Waals surface area (Å²) in [6, 6.07) is 20.5. The lowest BCUT2D eigenvalue weighted by atomic mass is 9.94. The Bertz CT molecular complexity index is 1880. The zero-order chi connectivity index (χ0) is 31.4. The van der Waals surface area contributed by atoms with Gasteiger partial charge >= 0.3 is 6.09 Å². The summed E-state index contributed by atoms with van der Waals surface area (Å²) in [5.41, 5.74) is 0.965. The fraction of sp³-hybridized carbons (Fsp3) is 0.156. The Balaban J connectivity index is 1.45. The molecule has 0 bridgehead atoms. The average Bonchev–Trinajstić information content (AvgIpc) is 3.72. The number of hydrogen-bond acceptors (Lipinski definition) is 7. The van der Waals surface area contributed by atoms with Crippen molar-refractivity contribution in [2.75, 3.05) is 17.2 Å². The van der Waals surface area contributed by atoms with E-state index in [4.69, 9.17) is 9.15 Å². The lowest BCUT2D eigenvalue weighted by molar-refractivity contribution is 0.0885. The quantitative estimate of drug-likeness (QED) is 0.196. The molecule has 3 N–H and O–H groups in total. The van der Waals surface area contributed by atoms with Crippen LogP contribution in [0.3, 0.4) is 0 Å². The SMILES string of the molecule is C=CCOC(=O)n1nc(NC(=O)c2ccccc2NC(=O)c2cccn2C)c2oc(C(=O)NC(C)(C)c3ccccc3)cc21. The molecule has 0 radical (unpaired) electrons. The number of fused-ring (bicyclic) bond motifs is 1. The van der Waals surface area contributed by atoms with E-state index < -0.39 is 29.4 Å². The second-order valence-corrected chi connectivity index (χ2v) is 10.4. The number of nitrogens with zero attached hydrogens (tertiary/aromatic N) is 3. The molecule has 0 saturated carbocycles. The minimum Gasteiger partial charge on any atom is -0.445 e. The monoisotopic (exact) mass is 594 g/mol. The van der Waals surface area contributed by atoms with Gasteiger partial charge in [-0.25, -0.2) is 4.79 Å². The Morgan fingerprint density at radius 2 is 1.68 bits per heavy atom. The molecule has 12 nitrogen and oxygen atoms in total. The second kappa shape index (κ2) is 12.1. The summed E-state index contributed by atoms with van der Waals surface area (Å²) < 4.78 is 13.5. The Kier molecular flexibility index (Phi) is 8.16. The molecule has 3 heterocycles. The van der Waals surface area contributed by atoms with Crippen LogP contribution < -0.4 is 16.0 Å². The van der Waals surface area contributed by atoms with Crippen LogP contribution in [0.1, 0.15) is 50.8 Å². The number of anilines is 2. The van der Waals surface area contributed by atoms with E-state index in [9.17, 15) is 19.2 Å². The van der Waals surface area contributed by atoms with E-state index in [1.807, 2.05) is 44.2 Å². The summed E-state index contributed by atoms with van der Waals surface area (Å²) in [6.45, 7) is 7.13. The number of aryl methyl sites for hydroxylation is 1. The largest absolute Gasteiger partial charge is 0.445 e. The minimum atomic E-state index is -0.872. The maximum absolute atomic E-state index is 13.5. The van der Waals surface area contributed by atoms with Gasteiger partial charge in [0.25, 0.3) is 17.7 Å². The van der Waals surface area contributed by atoms with E-state index >= 15 is 0 Å². The number of rotatable bonds is 9. The topological polar surface area (TPSA) is 149 Å². The van der Waals surface area contributed by atoms with Crippen molar-refractivity contribution in [1.29, 1.82) is 0 Å². The number of aromatic nitrogens is 3. The van der Waals surface area contributed by atoms with E-state index in [0.717, 1.165) is 10.2 Å². The van der Waals surface area contributed by atoms with Gasteiger partial charge in [0.15, 0.2) is 17.2 Å². The van der Waals surface area contributed by atoms with Gasteiger partial charge in [-0.1, -0.05) is 55.1 Å². The third-order valence-corrected chi connectivity index (χ3v) is 6.83. The van der Waals surface area contributed by atoms with E-state index in [-0.39, 0.29) is 40.5 Å². The fourth-order valence-corrected chi connectivity index (χ4v) is 4.55. The van der Waals surface area contributed by atoms with Crippen LogP contribution in [0.5, 0.6) is 0 Å². The van der Waals surface area contributed by atoms with Crippen LogP contribution in [-0.2, 0) is 17.3 Å². The molecular formula is C32H30N6O6. The zero-order valence-corrected chi connectivity index (χ0v) is 24.3. The lowest BCUT2D eigenvalue weighted by Crippen LogP contribution is -2.40. The van der Waals surface area contributed by atoms with Gasteiger partial charge in [-0.15, -0.1) is 5.10 Å². The normalized spacial score (nSPS) is 11.2. The van der Waals surface area contributed by atoms with Gasteiger partial charge in [0.1, 0.15) is 17.8 Å². The van der Waals surface area contributed by atoms with E-state index in [0.29, 0.717) is 5.69 Å². The molecule has 44 heavy (non-hydrogen) atoms. The van der Waals surface area contributed by atoms with Crippen molar-refractivity contribution in [3.63, 3.8) is 0 Å². The Morgan fingerprint density at radius 1 is 0.955 bits per heavy atom. The first kappa shape index (κ1) is 29.6. The predicted molar refractivity (Wildman–Crippen MR) is 164 cm³/mol. The Morgan fingerprint density at radius 3 is 2.39 bits per heavy atom. The first-order chi connectivity index (χ1) is 21.1. The number of amides is 3. The summed E-state index contributed by atoms with van der Waals surface area (Å²) >= 11 is 0. The van der Waals surface area contributed by atoms with Crippen molar-refractivity contribution in [1.82, 2.24) is 19.7 Å². The van der Waals surface area contributed by atoms with Crippen LogP contribution in [0.15, 0.2) is 96.1 Å². The highest BCUT2D eigenvalue weighted by molar-refractivity contribution is 6.14. The second-order valence-electron chi connectivity index (χ2n) is 10.4. The molecule has 3 amide bonds. The van der Waals surface area contributed by atoms with Crippen LogP contribution in [0, 0.1) is 0 Å². The van der Waals surface area contributed by atoms with E-state index in [1.165, 1.54) is 18.2 Å². The molecule has 0 atom stereocenters. The van der Waals surface area contributed by atoms with Crippen molar-refractivity contribution in [3.8, 4) is 0 Å². The van der Waals surface area contributed by atoms with Crippen LogP contribution in [-0.4, -0.2) is 44.8 Å². The van der Waals surface area contributed by atoms with Crippen LogP contribution >= 0.6 is 0 Å². The molecule has 3 aromatic heterocycles. The average molecular weight is 595 g/mol. The number of carbonyl (C=O) groups is 4. The molecule has 0 aliphatic heterocycles. The number of hydrogen-bond donors (Lipinski definition) is 3. The van der Waals surface area contributed by atoms with Gasteiger partial charge < -0.3 is 29.7 Å². The first-order valence-electron chi connectivity index (χ1n) is 13.6. The molecule has 0 aliphatic rings. The third kappa shape index (κ3) is 6.00. The van der Waals surface area contributed by atoms with Crippen molar-refractivity contribution >= 4 is 46.4 Å². The van der Waals surface area contributed by atoms with Crippen LogP contribution in [0.25, 0.3) is 11.1 Å². The van der Waals surface area contributed by atoms with Crippen molar-refractivity contribution in [3.05, 3.63) is 114 Å². The molecule has 0 unspecified atom stereocenters. The molecule has 0 saturated heterocycles. The molecule has 0 fully saturated rings. The Hall–Kier alpha value is -5.91. The summed E-state index contributed by atoms with van der Waals surface area (Å²) in [7, 11) is 1.73. The van der Waals surface area contributed by atoms with Gasteiger partial charge in [0.05, 0.1) is 16.8 Å². The highest BCUT2D eigenvalue weighted by atomic mass is 16.6. The molecule has 0 spiro atoms. The molecule has 5 rings (SSSR count). The van der Waals surface area contributed by atoms with Gasteiger partial charge in [-0.3, -0.25) is 14.4 Å². The van der Waals surface area contributed by atoms with Gasteiger partial charge in [0, 0.05) is 19.3 Å². The Labute approximate surface area is 252 Å². The van der Waals surface area contributed by atoms with Gasteiger partial charge in [0.2, 0.25) is 0 Å². The number of para-hydroxylation sites is 1. The van der Waals surface area contributed by atoms with Crippen molar-refractivity contribution < 1.29 is 28.3 Å². The number of carbonyl (C=O) groups excluding carboxylic acids is 4. The summed E-state index contributed by atoms with van der Waals surface area (Å²) in [6.07, 6.45) is 2.25. The van der Waals surface area contributed by atoms with Gasteiger partial charge in [-0.2, -0.15) is 4.68 Å². The maximum atomic E-state index is 13.5. The van der Waals surface area contributed by atoms with E-state index in [2.05, 4.69) is 27.6 Å². The minimum absolute atomic E-state index is 0.0260. The lowest BCUT2D eigenvalue weighted by Gasteiger charge is -2.26. The molecule has 12 heteroatoms. The zero-order valence-electron chi connectivity index (χ0n) is 24.3. The predicted octanol–water partition coefficient (Wildman–Crippen LogP) is 5.31. The highest BCUT2D eigenvalue weighted by Crippen LogP contribution is 2.29. The third-order valence-electron chi connectivity index (χ3n) is 6.83. The highest BCUT2D eigenvalue weighted by Gasteiger charge is 2.29. The maximum Gasteiger partial charge on any atom is 0.435 e. The molecule has 0 aliphatic carbocycles. The molecule has 2 aromatic carbocycles.